The van der Waals surface area contributed by atoms with Gasteiger partial charge in [-0.25, -0.2) is 4.98 Å². The summed E-state index contributed by atoms with van der Waals surface area (Å²) in [6, 6.07) is 7.43. The van der Waals surface area contributed by atoms with Gasteiger partial charge >= 0.3 is 0 Å². The van der Waals surface area contributed by atoms with Crippen LogP contribution in [0.5, 0.6) is 0 Å². The molecule has 1 aromatic carbocycles. The lowest BCUT2D eigenvalue weighted by Gasteiger charge is -2.10. The quantitative estimate of drug-likeness (QED) is 0.827. The van der Waals surface area contributed by atoms with E-state index in [2.05, 4.69) is 15.3 Å². The Balaban J connectivity index is 2.01. The van der Waals surface area contributed by atoms with Gasteiger partial charge in [-0.1, -0.05) is 12.1 Å². The van der Waals surface area contributed by atoms with E-state index in [4.69, 9.17) is 4.74 Å². The second-order valence-electron chi connectivity index (χ2n) is 4.52. The molecule has 5 nitrogen and oxygen atoms in total. The van der Waals surface area contributed by atoms with Gasteiger partial charge in [-0.15, -0.1) is 0 Å². The highest BCUT2D eigenvalue weighted by Gasteiger charge is 2.26. The van der Waals surface area contributed by atoms with Crippen molar-refractivity contribution in [3.8, 4) is 0 Å². The number of ether oxygens (including phenoxy) is 1. The predicted molar refractivity (Wildman–Crippen MR) is 68.5 cm³/mol. The van der Waals surface area contributed by atoms with Gasteiger partial charge in [-0.05, 0) is 18.6 Å². The van der Waals surface area contributed by atoms with Crippen molar-refractivity contribution in [2.75, 3.05) is 13.7 Å². The van der Waals surface area contributed by atoms with Gasteiger partial charge < -0.3 is 15.0 Å². The van der Waals surface area contributed by atoms with Crippen molar-refractivity contribution in [3.05, 3.63) is 40.4 Å². The van der Waals surface area contributed by atoms with Gasteiger partial charge in [0.15, 0.2) is 0 Å². The standard InChI is InChI=1S/C13H15N3O2/c1-18-8-6-11(14-7-8)12-15-10-5-3-2-4-9(10)13(17)16-12/h2-5,8,11,14H,6-7H2,1H3,(H,15,16,17). The molecule has 2 aromatic rings. The monoisotopic (exact) mass is 245 g/mol. The third-order valence-electron chi connectivity index (χ3n) is 3.39. The average molecular weight is 245 g/mol. The van der Waals surface area contributed by atoms with Crippen LogP contribution >= 0.6 is 0 Å². The van der Waals surface area contributed by atoms with Gasteiger partial charge in [-0.2, -0.15) is 0 Å². The predicted octanol–water partition coefficient (Wildman–Crippen LogP) is 0.972. The van der Waals surface area contributed by atoms with Crippen molar-refractivity contribution in [2.45, 2.75) is 18.6 Å². The molecule has 0 aliphatic carbocycles. The summed E-state index contributed by atoms with van der Waals surface area (Å²) in [4.78, 5) is 19.3. The van der Waals surface area contributed by atoms with E-state index in [9.17, 15) is 4.79 Å². The summed E-state index contributed by atoms with van der Waals surface area (Å²) in [6.07, 6.45) is 1.02. The van der Waals surface area contributed by atoms with E-state index in [-0.39, 0.29) is 17.7 Å². The van der Waals surface area contributed by atoms with E-state index in [1.54, 1.807) is 13.2 Å². The highest BCUT2D eigenvalue weighted by Crippen LogP contribution is 2.22. The average Bonchev–Trinajstić information content (AvgIpc) is 2.87. The number of fused-ring (bicyclic) bond motifs is 1. The minimum absolute atomic E-state index is 0.0623. The number of rotatable bonds is 2. The van der Waals surface area contributed by atoms with Crippen LogP contribution in [0.2, 0.25) is 0 Å². The normalized spacial score (nSPS) is 23.6. The minimum Gasteiger partial charge on any atom is -0.380 e. The number of benzene rings is 1. The summed E-state index contributed by atoms with van der Waals surface area (Å²) in [7, 11) is 1.70. The number of hydrogen-bond acceptors (Lipinski definition) is 4. The third-order valence-corrected chi connectivity index (χ3v) is 3.39. The van der Waals surface area contributed by atoms with Crippen LogP contribution in [0.1, 0.15) is 18.3 Å². The van der Waals surface area contributed by atoms with Gasteiger partial charge in [0.2, 0.25) is 0 Å². The molecule has 0 spiro atoms. The van der Waals surface area contributed by atoms with E-state index in [0.717, 1.165) is 18.5 Å². The number of hydrogen-bond donors (Lipinski definition) is 2. The maximum absolute atomic E-state index is 12.0. The molecule has 0 bridgehead atoms. The summed E-state index contributed by atoms with van der Waals surface area (Å²) >= 11 is 0. The Labute approximate surface area is 104 Å². The van der Waals surface area contributed by atoms with Crippen LogP contribution in [0.25, 0.3) is 10.9 Å². The van der Waals surface area contributed by atoms with Gasteiger partial charge in [-0.3, -0.25) is 4.79 Å². The molecule has 2 heterocycles. The molecule has 1 aromatic heterocycles. The first-order chi connectivity index (χ1) is 8.78. The first-order valence-corrected chi connectivity index (χ1v) is 6.03. The molecule has 2 atom stereocenters. The van der Waals surface area contributed by atoms with Crippen LogP contribution in [-0.4, -0.2) is 29.7 Å². The third kappa shape index (κ3) is 1.91. The lowest BCUT2D eigenvalue weighted by molar-refractivity contribution is 0.117. The van der Waals surface area contributed by atoms with Crippen molar-refractivity contribution >= 4 is 10.9 Å². The van der Waals surface area contributed by atoms with Crippen molar-refractivity contribution in [1.82, 2.24) is 15.3 Å². The number of aromatic amines is 1. The summed E-state index contributed by atoms with van der Waals surface area (Å²) in [6.45, 7) is 0.789. The number of nitrogens with one attached hydrogen (secondary N) is 2. The SMILES string of the molecule is COC1CNC(c2nc3ccccc3c(=O)[nH]2)C1. The fourth-order valence-corrected chi connectivity index (χ4v) is 2.36. The molecule has 94 valence electrons. The van der Waals surface area contributed by atoms with Crippen LogP contribution in [0.3, 0.4) is 0 Å². The lowest BCUT2D eigenvalue weighted by atomic mass is 10.1. The largest absolute Gasteiger partial charge is 0.380 e. The summed E-state index contributed by atoms with van der Waals surface area (Å²) in [5.41, 5.74) is 0.650. The summed E-state index contributed by atoms with van der Waals surface area (Å²) in [5, 5.41) is 3.94. The molecular weight excluding hydrogens is 230 g/mol. The van der Waals surface area contributed by atoms with Crippen molar-refractivity contribution in [1.29, 1.82) is 0 Å². The van der Waals surface area contributed by atoms with Crippen molar-refractivity contribution < 1.29 is 4.74 Å². The molecule has 0 saturated carbocycles. The maximum Gasteiger partial charge on any atom is 0.258 e. The van der Waals surface area contributed by atoms with Gasteiger partial charge in [0.1, 0.15) is 5.82 Å². The van der Waals surface area contributed by atoms with E-state index in [1.165, 1.54) is 0 Å². The number of H-pyrrole nitrogens is 1. The smallest absolute Gasteiger partial charge is 0.258 e. The maximum atomic E-state index is 12.0. The molecular formula is C13H15N3O2. The Morgan fingerprint density at radius 1 is 1.39 bits per heavy atom. The number of aromatic nitrogens is 2. The van der Waals surface area contributed by atoms with E-state index < -0.39 is 0 Å². The highest BCUT2D eigenvalue weighted by molar-refractivity contribution is 5.77. The lowest BCUT2D eigenvalue weighted by Crippen LogP contribution is -2.21. The zero-order valence-electron chi connectivity index (χ0n) is 10.1. The van der Waals surface area contributed by atoms with Gasteiger partial charge in [0.25, 0.3) is 5.56 Å². The molecule has 0 radical (unpaired) electrons. The second kappa shape index (κ2) is 4.51. The molecule has 0 amide bonds. The Morgan fingerprint density at radius 3 is 3.00 bits per heavy atom. The summed E-state index contributed by atoms with van der Waals surface area (Å²) in [5.74, 6) is 0.693. The molecule has 2 N–H and O–H groups in total. The fraction of sp³-hybridized carbons (Fsp3) is 0.385. The number of nitrogens with zero attached hydrogens (tertiary/aromatic N) is 1. The summed E-state index contributed by atoms with van der Waals surface area (Å²) < 4.78 is 5.30. The molecule has 1 saturated heterocycles. The van der Waals surface area contributed by atoms with Gasteiger partial charge in [0, 0.05) is 13.7 Å². The van der Waals surface area contributed by atoms with Crippen molar-refractivity contribution in [2.24, 2.45) is 0 Å². The van der Waals surface area contributed by atoms with E-state index >= 15 is 0 Å². The minimum atomic E-state index is -0.0849. The molecule has 5 heteroatoms. The number of para-hydroxylation sites is 1. The second-order valence-corrected chi connectivity index (χ2v) is 4.52. The zero-order chi connectivity index (χ0) is 12.5. The Kier molecular flexibility index (Phi) is 2.85. The van der Waals surface area contributed by atoms with Crippen LogP contribution < -0.4 is 10.9 Å². The Morgan fingerprint density at radius 2 is 2.22 bits per heavy atom. The van der Waals surface area contributed by atoms with Crippen molar-refractivity contribution in [3.63, 3.8) is 0 Å². The Bertz CT molecular complexity index is 623. The molecule has 3 rings (SSSR count). The topological polar surface area (TPSA) is 67.0 Å². The van der Waals surface area contributed by atoms with Crippen LogP contribution in [0.15, 0.2) is 29.1 Å². The molecule has 18 heavy (non-hydrogen) atoms. The number of methoxy groups -OCH3 is 1. The first kappa shape index (κ1) is 11.4. The Hall–Kier alpha value is -1.72. The molecule has 2 unspecified atom stereocenters. The molecule has 1 fully saturated rings. The van der Waals surface area contributed by atoms with Crippen LogP contribution in [0.4, 0.5) is 0 Å². The van der Waals surface area contributed by atoms with Gasteiger partial charge in [0.05, 0.1) is 23.0 Å². The highest BCUT2D eigenvalue weighted by atomic mass is 16.5. The van der Waals surface area contributed by atoms with E-state index in [0.29, 0.717) is 11.2 Å². The van der Waals surface area contributed by atoms with E-state index in [1.807, 2.05) is 18.2 Å². The molecule has 1 aliphatic rings. The van der Waals surface area contributed by atoms with Crippen LogP contribution in [-0.2, 0) is 4.74 Å². The zero-order valence-corrected chi connectivity index (χ0v) is 10.1. The van der Waals surface area contributed by atoms with Crippen LogP contribution in [0, 0.1) is 0 Å². The fourth-order valence-electron chi connectivity index (χ4n) is 2.36. The molecule has 1 aliphatic heterocycles. The first-order valence-electron chi connectivity index (χ1n) is 6.03.